The van der Waals surface area contributed by atoms with Gasteiger partial charge < -0.3 is 24.1 Å². The van der Waals surface area contributed by atoms with Crippen molar-refractivity contribution in [1.29, 1.82) is 0 Å². The number of amides is 1. The Morgan fingerprint density at radius 1 is 1.25 bits per heavy atom. The first-order chi connectivity index (χ1) is 14.9. The topological polar surface area (TPSA) is 107 Å². The lowest BCUT2D eigenvalue weighted by molar-refractivity contribution is -0.404. The molecule has 1 aromatic carbocycles. The number of hydrogen-bond acceptors (Lipinski definition) is 9. The van der Waals surface area contributed by atoms with Crippen LogP contribution < -0.4 is 5.06 Å². The van der Waals surface area contributed by atoms with Gasteiger partial charge in [-0.2, -0.15) is 0 Å². The van der Waals surface area contributed by atoms with Gasteiger partial charge in [-0.25, -0.2) is 19.5 Å². The molecule has 1 N–H and O–H groups in total. The average molecular weight is 448 g/mol. The molecule has 0 radical (unpaired) electrons. The van der Waals surface area contributed by atoms with E-state index in [2.05, 4.69) is 0 Å². The number of fused-ring (bicyclic) bond motifs is 5. The summed E-state index contributed by atoms with van der Waals surface area (Å²) in [5, 5.41) is 12.5. The van der Waals surface area contributed by atoms with Crippen molar-refractivity contribution in [2.75, 3.05) is 25.3 Å². The second-order valence-electron chi connectivity index (χ2n) is 10.1. The van der Waals surface area contributed by atoms with Crippen LogP contribution in [0.1, 0.15) is 56.5 Å². The molecule has 32 heavy (non-hydrogen) atoms. The highest BCUT2D eigenvalue weighted by atomic mass is 16.9. The van der Waals surface area contributed by atoms with E-state index in [0.29, 0.717) is 17.8 Å². The van der Waals surface area contributed by atoms with Crippen LogP contribution in [-0.2, 0) is 23.8 Å². The quantitative estimate of drug-likeness (QED) is 0.512. The summed E-state index contributed by atoms with van der Waals surface area (Å²) < 4.78 is 22.7. The summed E-state index contributed by atoms with van der Waals surface area (Å²) in [5.74, 6) is -3.42. The van der Waals surface area contributed by atoms with Crippen molar-refractivity contribution >= 4 is 17.7 Å². The molecule has 0 unspecified atom stereocenters. The number of carbonyl (C=O) groups is 2. The fourth-order valence-corrected chi connectivity index (χ4v) is 5.01. The fraction of sp³-hybridized carbons (Fsp3) is 0.636. The number of carbonyl (C=O) groups excluding carboxylic acids is 2. The van der Waals surface area contributed by atoms with E-state index in [4.69, 9.17) is 23.8 Å². The first kappa shape index (κ1) is 21.3. The van der Waals surface area contributed by atoms with Crippen molar-refractivity contribution in [3.8, 4) is 5.75 Å². The number of benzene rings is 1. The molecule has 1 aromatic rings. The maximum Gasteiger partial charge on any atom is 0.411 e. The molecule has 3 fully saturated rings. The minimum atomic E-state index is -1.27. The van der Waals surface area contributed by atoms with E-state index in [1.807, 2.05) is 20.8 Å². The van der Waals surface area contributed by atoms with Crippen LogP contribution in [0.15, 0.2) is 12.1 Å². The molecule has 5 rings (SSSR count). The molecule has 1 spiro atoms. The summed E-state index contributed by atoms with van der Waals surface area (Å²) in [5.41, 5.74) is 0.615. The SMILES string of the molecule is COC(=O)c1cc(O)c2c(c1)N1C[C@H]3[C@H](N3C(=O)OC(C)(C)C)[C@]3(O1)OC(C)(C)OC[C@@H]23. The highest BCUT2D eigenvalue weighted by molar-refractivity contribution is 5.92. The number of nitrogens with zero attached hydrogens (tertiary/aromatic N) is 2. The third-order valence-corrected chi connectivity index (χ3v) is 6.22. The normalized spacial score (nSPS) is 31.8. The molecular weight excluding hydrogens is 420 g/mol. The third kappa shape index (κ3) is 3.04. The second kappa shape index (κ2) is 6.49. The molecular formula is C22H28N2O8. The van der Waals surface area contributed by atoms with Gasteiger partial charge >= 0.3 is 12.1 Å². The lowest BCUT2D eigenvalue weighted by Gasteiger charge is -2.55. The molecule has 174 valence electrons. The van der Waals surface area contributed by atoms with Crippen LogP contribution in [0.5, 0.6) is 5.75 Å². The highest BCUT2D eigenvalue weighted by Crippen LogP contribution is 2.61. The predicted octanol–water partition coefficient (Wildman–Crippen LogP) is 2.49. The van der Waals surface area contributed by atoms with Crippen molar-refractivity contribution in [1.82, 2.24) is 4.90 Å². The van der Waals surface area contributed by atoms with Gasteiger partial charge in [-0.3, -0.25) is 4.90 Å². The zero-order chi connectivity index (χ0) is 23.2. The summed E-state index contributed by atoms with van der Waals surface area (Å²) in [6, 6.07) is 2.36. The standard InChI is InChI=1S/C22H28N2O8/c1-20(2,3)30-19(27)24-14-9-23-13-7-11(18(26)28-6)8-15(25)16(13)12-10-29-21(4,5)31-22(12,32-23)17(14)24/h7-8,12,14,17,25H,9-10H2,1-6H3/t12-,14-,17-,22-,24?/m0/s1. The van der Waals surface area contributed by atoms with E-state index >= 15 is 0 Å². The van der Waals surface area contributed by atoms with Gasteiger partial charge in [-0.15, -0.1) is 0 Å². The van der Waals surface area contributed by atoms with Gasteiger partial charge in [0, 0.05) is 5.56 Å². The number of hydroxylamine groups is 1. The average Bonchev–Trinajstić information content (AvgIpc) is 3.40. The summed E-state index contributed by atoms with van der Waals surface area (Å²) in [6.07, 6.45) is -0.450. The van der Waals surface area contributed by atoms with Gasteiger partial charge in [0.1, 0.15) is 17.4 Å². The van der Waals surface area contributed by atoms with Gasteiger partial charge in [-0.1, -0.05) is 0 Å². The van der Waals surface area contributed by atoms with Gasteiger partial charge in [0.05, 0.1) is 43.5 Å². The first-order valence-corrected chi connectivity index (χ1v) is 10.6. The Labute approximate surface area is 185 Å². The summed E-state index contributed by atoms with van der Waals surface area (Å²) in [6.45, 7) is 9.54. The van der Waals surface area contributed by atoms with Crippen molar-refractivity contribution in [2.45, 2.75) is 69.8 Å². The highest BCUT2D eigenvalue weighted by Gasteiger charge is 2.75. The molecule has 3 saturated heterocycles. The van der Waals surface area contributed by atoms with Crippen LogP contribution in [-0.4, -0.2) is 71.6 Å². The maximum atomic E-state index is 13.0. The fourth-order valence-electron chi connectivity index (χ4n) is 5.01. The van der Waals surface area contributed by atoms with Crippen LogP contribution in [0.25, 0.3) is 0 Å². The Morgan fingerprint density at radius 2 is 1.97 bits per heavy atom. The molecule has 4 heterocycles. The van der Waals surface area contributed by atoms with Crippen LogP contribution in [0, 0.1) is 0 Å². The number of anilines is 1. The summed E-state index contributed by atoms with van der Waals surface area (Å²) in [4.78, 5) is 33.1. The minimum Gasteiger partial charge on any atom is -0.508 e. The van der Waals surface area contributed by atoms with Gasteiger partial charge in [0.2, 0.25) is 5.79 Å². The van der Waals surface area contributed by atoms with E-state index in [1.165, 1.54) is 13.2 Å². The van der Waals surface area contributed by atoms with Gasteiger partial charge in [-0.05, 0) is 46.8 Å². The van der Waals surface area contributed by atoms with Gasteiger partial charge in [0.25, 0.3) is 0 Å². The number of phenolic OH excluding ortho intramolecular Hbond substituents is 1. The smallest absolute Gasteiger partial charge is 0.411 e. The molecule has 4 atom stereocenters. The van der Waals surface area contributed by atoms with Gasteiger partial charge in [0.15, 0.2) is 5.79 Å². The largest absolute Gasteiger partial charge is 0.508 e. The molecule has 4 aliphatic rings. The zero-order valence-corrected chi connectivity index (χ0v) is 19.0. The minimum absolute atomic E-state index is 0.0830. The molecule has 0 aliphatic carbocycles. The molecule has 4 aliphatic heterocycles. The van der Waals surface area contributed by atoms with E-state index < -0.39 is 41.2 Å². The lowest BCUT2D eigenvalue weighted by atomic mass is 9.81. The number of hydrogen-bond donors (Lipinski definition) is 1. The number of methoxy groups -OCH3 is 1. The van der Waals surface area contributed by atoms with Crippen LogP contribution >= 0.6 is 0 Å². The number of ether oxygens (including phenoxy) is 4. The number of esters is 1. The number of phenols is 1. The van der Waals surface area contributed by atoms with Crippen molar-refractivity contribution < 1.29 is 38.5 Å². The maximum absolute atomic E-state index is 13.0. The molecule has 0 saturated carbocycles. The first-order valence-electron chi connectivity index (χ1n) is 10.6. The predicted molar refractivity (Wildman–Crippen MR) is 110 cm³/mol. The third-order valence-electron chi connectivity index (χ3n) is 6.22. The van der Waals surface area contributed by atoms with Crippen molar-refractivity contribution in [3.05, 3.63) is 23.3 Å². The molecule has 1 amide bonds. The molecule has 0 aromatic heterocycles. The van der Waals surface area contributed by atoms with Crippen LogP contribution in [0.2, 0.25) is 0 Å². The molecule has 2 bridgehead atoms. The Morgan fingerprint density at radius 3 is 2.62 bits per heavy atom. The summed E-state index contributed by atoms with van der Waals surface area (Å²) >= 11 is 0. The van der Waals surface area contributed by atoms with E-state index in [9.17, 15) is 14.7 Å². The zero-order valence-electron chi connectivity index (χ0n) is 19.0. The lowest BCUT2D eigenvalue weighted by Crippen LogP contribution is -2.66. The second-order valence-corrected chi connectivity index (χ2v) is 10.1. The molecule has 10 heteroatoms. The Hall–Kier alpha value is -2.56. The monoisotopic (exact) mass is 448 g/mol. The summed E-state index contributed by atoms with van der Waals surface area (Å²) in [7, 11) is 1.28. The van der Waals surface area contributed by atoms with E-state index in [-0.39, 0.29) is 24.0 Å². The number of rotatable bonds is 1. The van der Waals surface area contributed by atoms with Crippen molar-refractivity contribution in [2.24, 2.45) is 0 Å². The van der Waals surface area contributed by atoms with E-state index in [0.717, 1.165) is 0 Å². The Bertz CT molecular complexity index is 1000. The number of aromatic hydroxyl groups is 1. The van der Waals surface area contributed by atoms with E-state index in [1.54, 1.807) is 29.9 Å². The Balaban J connectivity index is 1.60. The Kier molecular flexibility index (Phi) is 4.32. The van der Waals surface area contributed by atoms with Crippen LogP contribution in [0.3, 0.4) is 0 Å². The molecule has 10 nitrogen and oxygen atoms in total. The van der Waals surface area contributed by atoms with Crippen molar-refractivity contribution in [3.63, 3.8) is 0 Å². The van der Waals surface area contributed by atoms with Crippen LogP contribution in [0.4, 0.5) is 10.5 Å².